The molecule has 1 rings (SSSR count). The fourth-order valence-electron chi connectivity index (χ4n) is 1.48. The van der Waals surface area contributed by atoms with Crippen LogP contribution in [-0.2, 0) is 4.74 Å². The third kappa shape index (κ3) is 5.21. The zero-order chi connectivity index (χ0) is 13.4. The smallest absolute Gasteiger partial charge is 0.106 e. The van der Waals surface area contributed by atoms with Crippen LogP contribution in [0.5, 0.6) is 0 Å². The average Bonchev–Trinajstić information content (AvgIpc) is 2.35. The highest BCUT2D eigenvalue weighted by molar-refractivity contribution is 7.80. The molecular formula is C13H19ClN2OS. The van der Waals surface area contributed by atoms with Gasteiger partial charge in [-0.3, -0.25) is 0 Å². The SMILES string of the molecule is CCCCOCCNc1ccc(Cl)cc1C(N)=S. The first-order valence-electron chi connectivity index (χ1n) is 6.06. The molecule has 0 aliphatic heterocycles. The average molecular weight is 287 g/mol. The normalized spacial score (nSPS) is 10.3. The van der Waals surface area contributed by atoms with E-state index in [2.05, 4.69) is 12.2 Å². The second kappa shape index (κ2) is 8.29. The summed E-state index contributed by atoms with van der Waals surface area (Å²) in [5.74, 6) is 0. The maximum atomic E-state index is 5.91. The van der Waals surface area contributed by atoms with Crippen LogP contribution in [0.1, 0.15) is 25.3 Å². The third-order valence-corrected chi connectivity index (χ3v) is 2.91. The molecule has 0 unspecified atom stereocenters. The number of thiocarbonyl (C=S) groups is 1. The largest absolute Gasteiger partial charge is 0.389 e. The second-order valence-electron chi connectivity index (χ2n) is 3.95. The molecule has 0 radical (unpaired) electrons. The van der Waals surface area contributed by atoms with Gasteiger partial charge in [-0.15, -0.1) is 0 Å². The number of hydrogen-bond donors (Lipinski definition) is 2. The van der Waals surface area contributed by atoms with Gasteiger partial charge >= 0.3 is 0 Å². The van der Waals surface area contributed by atoms with Crippen LogP contribution < -0.4 is 11.1 Å². The van der Waals surface area contributed by atoms with Crippen molar-refractivity contribution in [1.82, 2.24) is 0 Å². The Morgan fingerprint density at radius 3 is 2.89 bits per heavy atom. The minimum atomic E-state index is 0.340. The summed E-state index contributed by atoms with van der Waals surface area (Å²) in [6.45, 7) is 4.34. The predicted molar refractivity (Wildman–Crippen MR) is 81.6 cm³/mol. The van der Waals surface area contributed by atoms with Gasteiger partial charge in [0, 0.05) is 29.4 Å². The van der Waals surface area contributed by atoms with Crippen LogP contribution in [-0.4, -0.2) is 24.7 Å². The number of rotatable bonds is 8. The Labute approximate surface area is 119 Å². The van der Waals surface area contributed by atoms with E-state index in [0.717, 1.165) is 37.2 Å². The van der Waals surface area contributed by atoms with Crippen molar-refractivity contribution < 1.29 is 4.74 Å². The molecule has 100 valence electrons. The highest BCUT2D eigenvalue weighted by atomic mass is 35.5. The molecule has 3 nitrogen and oxygen atoms in total. The van der Waals surface area contributed by atoms with E-state index >= 15 is 0 Å². The van der Waals surface area contributed by atoms with E-state index in [4.69, 9.17) is 34.3 Å². The molecule has 18 heavy (non-hydrogen) atoms. The van der Waals surface area contributed by atoms with Gasteiger partial charge in [0.2, 0.25) is 0 Å². The van der Waals surface area contributed by atoms with E-state index in [1.54, 1.807) is 6.07 Å². The number of nitrogens with two attached hydrogens (primary N) is 1. The summed E-state index contributed by atoms with van der Waals surface area (Å²) < 4.78 is 5.47. The lowest BCUT2D eigenvalue weighted by atomic mass is 10.2. The number of ether oxygens (including phenoxy) is 1. The van der Waals surface area contributed by atoms with Gasteiger partial charge in [0.05, 0.1) is 6.61 Å². The predicted octanol–water partition coefficient (Wildman–Crippen LogP) is 3.20. The van der Waals surface area contributed by atoms with Crippen LogP contribution >= 0.6 is 23.8 Å². The Balaban J connectivity index is 2.44. The fraction of sp³-hybridized carbons (Fsp3) is 0.462. The number of unbranched alkanes of at least 4 members (excludes halogenated alkanes) is 1. The maximum Gasteiger partial charge on any atom is 0.106 e. The van der Waals surface area contributed by atoms with Crippen molar-refractivity contribution in [3.8, 4) is 0 Å². The van der Waals surface area contributed by atoms with Crippen LogP contribution in [0, 0.1) is 0 Å². The van der Waals surface area contributed by atoms with Crippen molar-refractivity contribution >= 4 is 34.5 Å². The van der Waals surface area contributed by atoms with E-state index < -0.39 is 0 Å². The van der Waals surface area contributed by atoms with E-state index in [9.17, 15) is 0 Å². The lowest BCUT2D eigenvalue weighted by Gasteiger charge is -2.11. The third-order valence-electron chi connectivity index (χ3n) is 2.45. The van der Waals surface area contributed by atoms with Gasteiger partial charge in [-0.25, -0.2) is 0 Å². The molecule has 3 N–H and O–H groups in total. The van der Waals surface area contributed by atoms with Crippen molar-refractivity contribution in [3.05, 3.63) is 28.8 Å². The van der Waals surface area contributed by atoms with Crippen molar-refractivity contribution in [3.63, 3.8) is 0 Å². The monoisotopic (exact) mass is 286 g/mol. The summed E-state index contributed by atoms with van der Waals surface area (Å²) in [4.78, 5) is 0.340. The van der Waals surface area contributed by atoms with E-state index in [0.29, 0.717) is 16.6 Å². The molecule has 1 aromatic rings. The summed E-state index contributed by atoms with van der Waals surface area (Å²) in [7, 11) is 0. The van der Waals surface area contributed by atoms with Gasteiger partial charge in [0.25, 0.3) is 0 Å². The van der Waals surface area contributed by atoms with Crippen molar-refractivity contribution in [1.29, 1.82) is 0 Å². The van der Waals surface area contributed by atoms with Crippen molar-refractivity contribution in [2.24, 2.45) is 5.73 Å². The van der Waals surface area contributed by atoms with Gasteiger partial charge in [0.15, 0.2) is 0 Å². The summed E-state index contributed by atoms with van der Waals surface area (Å²) in [5.41, 5.74) is 7.32. The Morgan fingerprint density at radius 1 is 1.44 bits per heavy atom. The molecule has 5 heteroatoms. The minimum absolute atomic E-state index is 0.340. The van der Waals surface area contributed by atoms with Gasteiger partial charge in [-0.2, -0.15) is 0 Å². The van der Waals surface area contributed by atoms with Crippen LogP contribution in [0.3, 0.4) is 0 Å². The molecule has 0 aromatic heterocycles. The zero-order valence-electron chi connectivity index (χ0n) is 10.5. The number of hydrogen-bond acceptors (Lipinski definition) is 3. The van der Waals surface area contributed by atoms with Crippen molar-refractivity contribution in [2.45, 2.75) is 19.8 Å². The first-order chi connectivity index (χ1) is 8.65. The van der Waals surface area contributed by atoms with E-state index in [-0.39, 0.29) is 0 Å². The molecule has 0 spiro atoms. The second-order valence-corrected chi connectivity index (χ2v) is 4.82. The standard InChI is InChI=1S/C13H19ClN2OS/c1-2-3-7-17-8-6-16-12-5-4-10(14)9-11(12)13(15)18/h4-5,9,16H,2-3,6-8H2,1H3,(H2,15,18). The zero-order valence-corrected chi connectivity index (χ0v) is 12.1. The molecule has 0 aliphatic rings. The quantitative estimate of drug-likeness (QED) is 0.569. The number of nitrogens with one attached hydrogen (secondary N) is 1. The molecule has 0 bridgehead atoms. The maximum absolute atomic E-state index is 5.91. The van der Waals surface area contributed by atoms with Gasteiger partial charge in [-0.1, -0.05) is 37.2 Å². The van der Waals surface area contributed by atoms with Gasteiger partial charge < -0.3 is 15.8 Å². The molecule has 1 aromatic carbocycles. The van der Waals surface area contributed by atoms with Gasteiger partial charge in [-0.05, 0) is 24.6 Å². The molecule has 0 amide bonds. The summed E-state index contributed by atoms with van der Waals surface area (Å²) in [6.07, 6.45) is 2.25. The Kier molecular flexibility index (Phi) is 7.01. The molecule has 0 saturated heterocycles. The lowest BCUT2D eigenvalue weighted by Crippen LogP contribution is -2.16. The number of halogens is 1. The van der Waals surface area contributed by atoms with Crippen LogP contribution in [0.2, 0.25) is 5.02 Å². The highest BCUT2D eigenvalue weighted by Crippen LogP contribution is 2.20. The van der Waals surface area contributed by atoms with E-state index in [1.807, 2.05) is 12.1 Å². The molecule has 0 saturated carbocycles. The summed E-state index contributed by atoms with van der Waals surface area (Å²) in [6, 6.07) is 5.45. The highest BCUT2D eigenvalue weighted by Gasteiger charge is 2.05. The van der Waals surface area contributed by atoms with Crippen LogP contribution in [0.4, 0.5) is 5.69 Å². The summed E-state index contributed by atoms with van der Waals surface area (Å²) in [5, 5.41) is 3.87. The first kappa shape index (κ1) is 15.2. The Bertz CT molecular complexity index is 399. The number of benzene rings is 1. The molecule has 0 aliphatic carbocycles. The molecule has 0 atom stereocenters. The molecular weight excluding hydrogens is 268 g/mol. The Morgan fingerprint density at radius 2 is 2.22 bits per heavy atom. The lowest BCUT2D eigenvalue weighted by molar-refractivity contribution is 0.141. The van der Waals surface area contributed by atoms with Crippen LogP contribution in [0.15, 0.2) is 18.2 Å². The number of anilines is 1. The Hall–Kier alpha value is -0.840. The van der Waals surface area contributed by atoms with Gasteiger partial charge in [0.1, 0.15) is 4.99 Å². The van der Waals surface area contributed by atoms with E-state index in [1.165, 1.54) is 0 Å². The first-order valence-corrected chi connectivity index (χ1v) is 6.84. The molecule has 0 fully saturated rings. The summed E-state index contributed by atoms with van der Waals surface area (Å²) >= 11 is 10.9. The fourth-order valence-corrected chi connectivity index (χ4v) is 1.82. The molecule has 0 heterocycles. The van der Waals surface area contributed by atoms with Crippen molar-refractivity contribution in [2.75, 3.05) is 25.1 Å². The van der Waals surface area contributed by atoms with Crippen LogP contribution in [0.25, 0.3) is 0 Å². The topological polar surface area (TPSA) is 47.3 Å². The minimum Gasteiger partial charge on any atom is -0.389 e.